The fourth-order valence-electron chi connectivity index (χ4n) is 0.946. The standard InChI is InChI=1S/C6H10O.CH2O.Na.H2O3S.H/c7-6-4-2-1-3-5-6;1-2;;1-4(2)3;/h1-5H2;1H2;;(H2,1,2,3);. The maximum absolute atomic E-state index is 10.5. The summed E-state index contributed by atoms with van der Waals surface area (Å²) in [7, 11) is 0. The topological polar surface area (TPSA) is 91.7 Å². The summed E-state index contributed by atoms with van der Waals surface area (Å²) in [5.74, 6) is 0.464. The number of ketones is 1. The van der Waals surface area contributed by atoms with Crippen LogP contribution in [-0.4, -0.2) is 55.4 Å². The Morgan fingerprint density at radius 2 is 1.36 bits per heavy atom. The van der Waals surface area contributed by atoms with Gasteiger partial charge in [0.15, 0.2) is 0 Å². The van der Waals surface area contributed by atoms with E-state index in [-0.39, 0.29) is 29.6 Å². The van der Waals surface area contributed by atoms with Crippen molar-refractivity contribution in [1.82, 2.24) is 0 Å². The summed E-state index contributed by atoms with van der Waals surface area (Å²) in [6.45, 7) is 2.00. The zero-order valence-corrected chi connectivity index (χ0v) is 8.09. The Morgan fingerprint density at radius 3 is 1.50 bits per heavy atom. The molecule has 0 radical (unpaired) electrons. The second kappa shape index (κ2) is 15.9. The quantitative estimate of drug-likeness (QED) is 0.466. The third-order valence-electron chi connectivity index (χ3n) is 1.41. The van der Waals surface area contributed by atoms with E-state index in [9.17, 15) is 4.79 Å². The summed E-state index contributed by atoms with van der Waals surface area (Å²) in [5, 5.41) is 0. The second-order valence-electron chi connectivity index (χ2n) is 2.33. The summed E-state index contributed by atoms with van der Waals surface area (Å²) >= 11 is -2.61. The van der Waals surface area contributed by atoms with Crippen LogP contribution >= 0.6 is 0 Å². The van der Waals surface area contributed by atoms with Crippen molar-refractivity contribution in [1.29, 1.82) is 0 Å². The molecule has 0 aromatic rings. The third kappa shape index (κ3) is 22.8. The van der Waals surface area contributed by atoms with Crippen molar-refractivity contribution in [3.8, 4) is 0 Å². The Balaban J connectivity index is -0.000000152. The van der Waals surface area contributed by atoms with Crippen LogP contribution in [0.2, 0.25) is 0 Å². The summed E-state index contributed by atoms with van der Waals surface area (Å²) in [5.41, 5.74) is 0. The second-order valence-corrected chi connectivity index (χ2v) is 2.79. The van der Waals surface area contributed by atoms with E-state index in [1.807, 2.05) is 6.79 Å². The van der Waals surface area contributed by atoms with Gasteiger partial charge in [-0.05, 0) is 12.8 Å². The summed E-state index contributed by atoms with van der Waals surface area (Å²) in [6, 6.07) is 0. The first kappa shape index (κ1) is 19.9. The first-order valence-electron chi connectivity index (χ1n) is 3.73. The van der Waals surface area contributed by atoms with Gasteiger partial charge in [0.25, 0.3) is 11.4 Å². The first-order chi connectivity index (χ1) is 6.13. The van der Waals surface area contributed by atoms with Crippen molar-refractivity contribution in [3.05, 3.63) is 0 Å². The van der Waals surface area contributed by atoms with Gasteiger partial charge in [0.05, 0.1) is 0 Å². The molecule has 0 spiro atoms. The average Bonchev–Trinajstić information content (AvgIpc) is 2.08. The van der Waals surface area contributed by atoms with Gasteiger partial charge >= 0.3 is 29.6 Å². The number of hydrogen-bond acceptors (Lipinski definition) is 3. The number of carbonyl (C=O) groups is 2. The molecule has 7 heteroatoms. The van der Waals surface area contributed by atoms with Crippen LogP contribution in [-0.2, 0) is 21.0 Å². The predicted molar refractivity (Wildman–Crippen MR) is 55.8 cm³/mol. The zero-order chi connectivity index (χ0) is 10.7. The molecule has 14 heavy (non-hydrogen) atoms. The van der Waals surface area contributed by atoms with Crippen LogP contribution < -0.4 is 0 Å². The van der Waals surface area contributed by atoms with Gasteiger partial charge in [-0.1, -0.05) is 6.42 Å². The van der Waals surface area contributed by atoms with E-state index in [2.05, 4.69) is 0 Å². The average molecular weight is 234 g/mol. The Bertz CT molecular complexity index is 152. The summed E-state index contributed by atoms with van der Waals surface area (Å²) in [6.07, 6.45) is 5.24. The SMILES string of the molecule is C=O.O=C1CCCCC1.O=S(O)O.[NaH]. The molecule has 1 fully saturated rings. The molecule has 0 atom stereocenters. The molecule has 0 amide bonds. The number of hydrogen-bond donors (Lipinski definition) is 2. The monoisotopic (exact) mass is 234 g/mol. The predicted octanol–water partition coefficient (Wildman–Crippen LogP) is 0.367. The van der Waals surface area contributed by atoms with E-state index in [0.29, 0.717) is 5.78 Å². The molecular formula is C7H15NaO5S. The van der Waals surface area contributed by atoms with Crippen molar-refractivity contribution in [2.45, 2.75) is 32.1 Å². The molecular weight excluding hydrogens is 219 g/mol. The number of carbonyl (C=O) groups excluding carboxylic acids is 2. The van der Waals surface area contributed by atoms with E-state index in [1.165, 1.54) is 6.42 Å². The fourth-order valence-corrected chi connectivity index (χ4v) is 0.946. The van der Waals surface area contributed by atoms with E-state index in [4.69, 9.17) is 18.1 Å². The molecule has 1 aliphatic carbocycles. The minimum absolute atomic E-state index is 0. The van der Waals surface area contributed by atoms with Crippen LogP contribution in [0.25, 0.3) is 0 Å². The van der Waals surface area contributed by atoms with Crippen molar-refractivity contribution >= 4 is 53.5 Å². The van der Waals surface area contributed by atoms with E-state index in [1.54, 1.807) is 0 Å². The van der Waals surface area contributed by atoms with Gasteiger partial charge in [0.2, 0.25) is 0 Å². The first-order valence-corrected chi connectivity index (χ1v) is 4.80. The molecule has 80 valence electrons. The van der Waals surface area contributed by atoms with Gasteiger partial charge < -0.3 is 4.79 Å². The Morgan fingerprint density at radius 1 is 1.07 bits per heavy atom. The van der Waals surface area contributed by atoms with Crippen LogP contribution in [0.5, 0.6) is 0 Å². The van der Waals surface area contributed by atoms with Crippen LogP contribution in [0.15, 0.2) is 0 Å². The van der Waals surface area contributed by atoms with Gasteiger partial charge in [-0.15, -0.1) is 0 Å². The molecule has 2 N–H and O–H groups in total. The molecule has 5 nitrogen and oxygen atoms in total. The molecule has 0 bridgehead atoms. The fraction of sp³-hybridized carbons (Fsp3) is 0.714. The zero-order valence-electron chi connectivity index (χ0n) is 7.27. The van der Waals surface area contributed by atoms with Crippen molar-refractivity contribution in [3.63, 3.8) is 0 Å². The van der Waals surface area contributed by atoms with Crippen molar-refractivity contribution in [2.75, 3.05) is 0 Å². The number of Topliss-reactive ketones (excluding diaryl/α,β-unsaturated/α-hetero) is 1. The molecule has 1 aliphatic rings. The Hall–Kier alpha value is 0.410. The van der Waals surface area contributed by atoms with Gasteiger partial charge in [0.1, 0.15) is 12.6 Å². The molecule has 0 aliphatic heterocycles. The maximum atomic E-state index is 10.5. The summed E-state index contributed by atoms with van der Waals surface area (Å²) in [4.78, 5) is 18.5. The van der Waals surface area contributed by atoms with Crippen LogP contribution in [0, 0.1) is 0 Å². The minimum atomic E-state index is -2.61. The van der Waals surface area contributed by atoms with Gasteiger partial charge in [-0.2, -0.15) is 4.21 Å². The van der Waals surface area contributed by atoms with Gasteiger partial charge in [0, 0.05) is 12.8 Å². The molecule has 0 saturated heterocycles. The molecule has 1 saturated carbocycles. The molecule has 1 rings (SSSR count). The molecule has 0 aromatic heterocycles. The molecule has 0 aromatic carbocycles. The van der Waals surface area contributed by atoms with E-state index >= 15 is 0 Å². The number of rotatable bonds is 0. The molecule has 0 heterocycles. The van der Waals surface area contributed by atoms with Crippen molar-refractivity contribution < 1.29 is 22.9 Å². The normalized spacial score (nSPS) is 14.1. The summed E-state index contributed by atoms with van der Waals surface area (Å²) < 4.78 is 22.8. The van der Waals surface area contributed by atoms with Crippen molar-refractivity contribution in [2.24, 2.45) is 0 Å². The third-order valence-corrected chi connectivity index (χ3v) is 1.41. The van der Waals surface area contributed by atoms with Crippen LogP contribution in [0.4, 0.5) is 0 Å². The van der Waals surface area contributed by atoms with E-state index in [0.717, 1.165) is 25.7 Å². The Labute approximate surface area is 108 Å². The Kier molecular flexibility index (Phi) is 22.6. The van der Waals surface area contributed by atoms with E-state index < -0.39 is 11.4 Å². The van der Waals surface area contributed by atoms with Gasteiger partial charge in [-0.3, -0.25) is 13.9 Å². The molecule has 0 unspecified atom stereocenters. The van der Waals surface area contributed by atoms with Crippen LogP contribution in [0.3, 0.4) is 0 Å². The van der Waals surface area contributed by atoms with Crippen LogP contribution in [0.1, 0.15) is 32.1 Å². The van der Waals surface area contributed by atoms with Gasteiger partial charge in [-0.25, -0.2) is 0 Å².